The number of aliphatic hydroxyl groups is 32. The first kappa shape index (κ1) is 124. The molecular formula is C88H151N3O58. The van der Waals surface area contributed by atoms with E-state index in [2.05, 4.69) is 16.0 Å². The zero-order chi connectivity index (χ0) is 110. The van der Waals surface area contributed by atoms with E-state index in [9.17, 15) is 178 Å². The van der Waals surface area contributed by atoms with Crippen LogP contribution in [0.25, 0.3) is 0 Å². The first-order valence-electron chi connectivity index (χ1n) is 49.4. The van der Waals surface area contributed by atoms with Crippen molar-refractivity contribution in [2.45, 2.75) is 437 Å². The summed E-state index contributed by atoms with van der Waals surface area (Å²) in [6, 6.07) is -5.34. The summed E-state index contributed by atoms with van der Waals surface area (Å²) in [4.78, 5) is 39.6. The Kier molecular flexibility index (Phi) is 45.2. The fourth-order valence-electron chi connectivity index (χ4n) is 20.2. The molecule has 0 aromatic carbocycles. The minimum Gasteiger partial charge on any atom is -0.394 e. The predicted molar refractivity (Wildman–Crippen MR) is 472 cm³/mol. The number of aliphatic hydroxyl groups excluding tert-OH is 32. The van der Waals surface area contributed by atoms with Crippen molar-refractivity contribution in [3.63, 3.8) is 0 Å². The van der Waals surface area contributed by atoms with E-state index in [-0.39, 0.29) is 12.8 Å². The van der Waals surface area contributed by atoms with Gasteiger partial charge in [-0.3, -0.25) is 14.4 Å². The Hall–Kier alpha value is -3.79. The van der Waals surface area contributed by atoms with Crippen LogP contribution in [0, 0.1) is 23.7 Å². The van der Waals surface area contributed by atoms with Crippen LogP contribution in [0.5, 0.6) is 0 Å². The second kappa shape index (κ2) is 54.4. The lowest BCUT2D eigenvalue weighted by Crippen LogP contribution is -2.71. The van der Waals surface area contributed by atoms with Crippen LogP contribution in [-0.4, -0.2) is 616 Å². The summed E-state index contributed by atoms with van der Waals surface area (Å²) in [5, 5.41) is 368. The molecule has 0 aromatic heterocycles. The van der Waals surface area contributed by atoms with E-state index >= 15 is 0 Å². The number of hydrogen-bond acceptors (Lipinski definition) is 58. The molecule has 12 aliphatic heterocycles. The quantitative estimate of drug-likeness (QED) is 0.0270. The van der Waals surface area contributed by atoms with Gasteiger partial charge in [-0.15, -0.1) is 0 Å². The number of amides is 3. The second-order valence-electron chi connectivity index (χ2n) is 40.1. The SMILES string of the molecule is CC(=O)NC1[C@H](O[C@@H]2C(CO[C@@H]3OC(C)[C@@H](O)C(O)[C@@H]3O)O[C@@H](C(C)C)C(NC(C)=O)[C@H]2O)OC(CO)[C@@H](O[C@@H]2OC(COC3OC(CO)[C@@H](O)[C@H](O)[C@H]3OC3OC(CO)[C@@H](O[C@@H]4OC(CO[C@@H]5CC(O)[C@@H](C)C(C(O)C(O)CO)O5)[C@H](O)[C@H](O)C4O)[C@H](O)[C@@H]3NC(C)=O)[C@@H](O)[C@H](O[C@H]3OC(CO)[C@@H](O)[C@H](O)C3O[C@@H]3OC(CO)[C@@H](O[C@@H]4OC(CO[C@@H]5CC(O)[C@@H](C)C(C(O)C(O)CO)O5)[C@H](O)[C@H](O)C4O)[C@H](O)C3C)C2O)[C@@H]1O. The molecule has 62 atom stereocenters. The molecule has 0 aliphatic carbocycles. The van der Waals surface area contributed by atoms with Gasteiger partial charge >= 0.3 is 0 Å². The van der Waals surface area contributed by atoms with Crippen molar-refractivity contribution in [3.05, 3.63) is 0 Å². The molecule has 866 valence electrons. The Labute approximate surface area is 851 Å². The third-order valence-corrected chi connectivity index (χ3v) is 29.2. The molecular weight excluding hydrogens is 2030 g/mol. The highest BCUT2D eigenvalue weighted by Gasteiger charge is 2.63. The lowest BCUT2D eigenvalue weighted by atomic mass is 9.87. The van der Waals surface area contributed by atoms with E-state index in [4.69, 9.17) is 109 Å². The molecule has 12 saturated heterocycles. The summed E-state index contributed by atoms with van der Waals surface area (Å²) in [5.74, 6) is -6.35. The number of carbonyl (C=O) groups is 3. The van der Waals surface area contributed by atoms with Crippen LogP contribution in [0.1, 0.15) is 75.2 Å². The minimum atomic E-state index is -2.61. The largest absolute Gasteiger partial charge is 0.394 e. The summed E-state index contributed by atoms with van der Waals surface area (Å²) >= 11 is 0. The molecule has 28 unspecified atom stereocenters. The van der Waals surface area contributed by atoms with E-state index in [0.717, 1.165) is 20.8 Å². The molecule has 12 fully saturated rings. The number of hydrogen-bond donors (Lipinski definition) is 35. The molecule has 3 amide bonds. The second-order valence-corrected chi connectivity index (χ2v) is 40.1. The van der Waals surface area contributed by atoms with Crippen LogP contribution in [0.2, 0.25) is 0 Å². The van der Waals surface area contributed by atoms with Crippen molar-refractivity contribution < 1.29 is 287 Å². The lowest BCUT2D eigenvalue weighted by Gasteiger charge is -2.51. The Balaban J connectivity index is 0.828. The van der Waals surface area contributed by atoms with E-state index in [1.165, 1.54) is 27.7 Å². The van der Waals surface area contributed by atoms with Gasteiger partial charge in [-0.25, -0.2) is 0 Å². The molecule has 149 heavy (non-hydrogen) atoms. The van der Waals surface area contributed by atoms with Crippen LogP contribution < -0.4 is 16.0 Å². The first-order valence-corrected chi connectivity index (χ1v) is 49.4. The molecule has 0 aromatic rings. The number of rotatable bonds is 41. The third kappa shape index (κ3) is 28.1. The van der Waals surface area contributed by atoms with Crippen LogP contribution in [-0.2, 0) is 123 Å². The summed E-state index contributed by atoms with van der Waals surface area (Å²) < 4.78 is 140. The fraction of sp³-hybridized carbons (Fsp3) is 0.966. The van der Waals surface area contributed by atoms with Gasteiger partial charge in [-0.1, -0.05) is 34.6 Å². The fourth-order valence-corrected chi connectivity index (χ4v) is 20.2. The maximum absolute atomic E-state index is 13.5. The average Bonchev–Trinajstić information content (AvgIpc) is 0.749. The van der Waals surface area contributed by atoms with Crippen molar-refractivity contribution in [2.75, 3.05) is 72.7 Å². The van der Waals surface area contributed by atoms with Gasteiger partial charge in [0, 0.05) is 51.4 Å². The third-order valence-electron chi connectivity index (χ3n) is 29.2. The Bertz CT molecular complexity index is 4050. The molecule has 12 heterocycles. The van der Waals surface area contributed by atoms with Crippen LogP contribution >= 0.6 is 0 Å². The molecule has 61 heteroatoms. The Morgan fingerprint density at radius 2 is 0.584 bits per heavy atom. The van der Waals surface area contributed by atoms with Gasteiger partial charge in [0.25, 0.3) is 0 Å². The topological polar surface area (TPSA) is 947 Å². The zero-order valence-electron chi connectivity index (χ0n) is 82.5. The van der Waals surface area contributed by atoms with Crippen molar-refractivity contribution in [2.24, 2.45) is 23.7 Å². The van der Waals surface area contributed by atoms with Gasteiger partial charge in [0.2, 0.25) is 17.7 Å². The van der Waals surface area contributed by atoms with E-state index in [0.29, 0.717) is 0 Å². The molecule has 0 spiro atoms. The van der Waals surface area contributed by atoms with E-state index in [1.807, 2.05) is 0 Å². The van der Waals surface area contributed by atoms with Gasteiger partial charge in [-0.2, -0.15) is 0 Å². The normalized spacial score (nSPS) is 49.1. The summed E-state index contributed by atoms with van der Waals surface area (Å²) in [5.41, 5.74) is 0. The average molecular weight is 2180 g/mol. The van der Waals surface area contributed by atoms with Crippen molar-refractivity contribution in [3.8, 4) is 0 Å². The summed E-state index contributed by atoms with van der Waals surface area (Å²) in [6.07, 6.45) is -109. The number of carbonyl (C=O) groups excluding carboxylic acids is 3. The maximum atomic E-state index is 13.5. The number of nitrogens with one attached hydrogen (secondary N) is 3. The predicted octanol–water partition coefficient (Wildman–Crippen LogP) is -20.7. The monoisotopic (exact) mass is 2180 g/mol. The lowest BCUT2D eigenvalue weighted by molar-refractivity contribution is -0.401. The summed E-state index contributed by atoms with van der Waals surface area (Å²) in [6.45, 7) is 0.711. The maximum Gasteiger partial charge on any atom is 0.217 e. The molecule has 0 bridgehead atoms. The smallest absolute Gasteiger partial charge is 0.217 e. The molecule has 12 rings (SSSR count). The highest BCUT2D eigenvalue weighted by molar-refractivity contribution is 5.74. The summed E-state index contributed by atoms with van der Waals surface area (Å²) in [7, 11) is 0. The van der Waals surface area contributed by atoms with Crippen molar-refractivity contribution in [1.82, 2.24) is 16.0 Å². The molecule has 35 N–H and O–H groups in total. The first-order chi connectivity index (χ1) is 70.4. The van der Waals surface area contributed by atoms with E-state index < -0.39 is 476 Å². The van der Waals surface area contributed by atoms with Crippen LogP contribution in [0.15, 0.2) is 0 Å². The Morgan fingerprint density at radius 1 is 0.268 bits per heavy atom. The Morgan fingerprint density at radius 3 is 1.01 bits per heavy atom. The van der Waals surface area contributed by atoms with Gasteiger partial charge in [0.1, 0.15) is 244 Å². The highest BCUT2D eigenvalue weighted by atomic mass is 16.8. The standard InChI is InChI=1S/C88H151N3O58/c1-23(2)70-46(89-28(7)99)58(115)76(43(132-70)22-129-83-66(123)61(118)50(107)27(6)131-83)143-81-47(90-29(8)100)59(116)75(39(18-98)136-81)146-86-69(126)77(147-88-79(65(122)54(111)36(15-95)134-88)148-80-26(5)49(106)73(37(16-96)135-80)144-84-67(124)62(119)55(112)40(138-84)19-127-44-10-31(102)24(3)71(141-44)51(108)33(104)12-92)57(114)42(140-86)21-130-87-78(64(121)53(110)35(14-94)133-87)149-82-48(91-30(9)101)60(117)74(38(17-97)137-82)145-85-68(125)63(120)56(113)41(139-85)20-128-45-11-32(103)25(4)72(142-45)52(109)34(105)13-93/h23-27,31-88,92-98,102-126H,10-22H2,1-9H3,(H,89,99)(H,90,100)(H,91,101)/t24-,25-,26?,27?,31?,32?,33?,34?,35?,36?,37?,38?,39?,40?,41?,42?,43?,44+,45+,46?,47?,48+,49-,50-,51?,52?,53-,54-,55+,56+,57-,58-,59-,60-,61?,62+,63+,64+,65+,66+,67?,68?,69?,70+,71?,72?,73-,74-,75-,76-,77+,78-,79?,80+,81+,82?,83-,84+,85+,86+,87?,88-/m1/s1. The number of ether oxygens (including phenoxy) is 23. The molecule has 0 radical (unpaired) electrons. The minimum absolute atomic E-state index is 0.253. The van der Waals surface area contributed by atoms with Crippen molar-refractivity contribution in [1.29, 1.82) is 0 Å². The highest BCUT2D eigenvalue weighted by Crippen LogP contribution is 2.44. The van der Waals surface area contributed by atoms with Crippen LogP contribution in [0.3, 0.4) is 0 Å². The van der Waals surface area contributed by atoms with Gasteiger partial charge in [0.05, 0.1) is 121 Å². The van der Waals surface area contributed by atoms with Gasteiger partial charge < -0.3 is 288 Å². The van der Waals surface area contributed by atoms with Gasteiger partial charge in [-0.05, 0) is 12.8 Å². The molecule has 12 aliphatic rings. The van der Waals surface area contributed by atoms with Gasteiger partial charge in [0.15, 0.2) is 69.2 Å². The van der Waals surface area contributed by atoms with Crippen molar-refractivity contribution >= 4 is 17.7 Å². The molecule has 61 nitrogen and oxygen atoms in total. The molecule has 0 saturated carbocycles. The zero-order valence-corrected chi connectivity index (χ0v) is 82.5. The van der Waals surface area contributed by atoms with Crippen LogP contribution in [0.4, 0.5) is 0 Å². The van der Waals surface area contributed by atoms with E-state index in [1.54, 1.807) is 13.8 Å².